The molecule has 0 saturated heterocycles. The number of unbranched alkanes of at least 4 members (excludes halogenated alkanes) is 18. The van der Waals surface area contributed by atoms with Crippen molar-refractivity contribution in [1.82, 2.24) is 32.1 Å². The van der Waals surface area contributed by atoms with Crippen molar-refractivity contribution in [1.29, 1.82) is 0 Å². The third-order valence-electron chi connectivity index (χ3n) is 9.13. The number of nitrogens with zero attached hydrogens (tertiary/aromatic N) is 3. The number of carbonyl (C=O) groups is 6. The Morgan fingerprint density at radius 3 is 1.22 bits per heavy atom. The number of hydrogen-bond acceptors (Lipinski definition) is 13. The second-order valence-corrected chi connectivity index (χ2v) is 19.9. The van der Waals surface area contributed by atoms with Gasteiger partial charge < -0.3 is 32.7 Å². The summed E-state index contributed by atoms with van der Waals surface area (Å²) >= 11 is 0. The number of amides is 6. The van der Waals surface area contributed by atoms with Crippen molar-refractivity contribution < 1.29 is 28.8 Å². The topological polar surface area (TPSA) is 264 Å². The molecule has 0 bridgehead atoms. The van der Waals surface area contributed by atoms with Crippen LogP contribution in [-0.2, 0) is 28.8 Å². The van der Waals surface area contributed by atoms with Gasteiger partial charge in [0.2, 0.25) is 23.6 Å². The second kappa shape index (κ2) is 45.4. The highest BCUT2D eigenvalue weighted by Gasteiger charge is 2.19. The normalized spacial score (nSPS) is 11.6. The summed E-state index contributed by atoms with van der Waals surface area (Å²) in [6.07, 6.45) is 27.8. The van der Waals surface area contributed by atoms with Gasteiger partial charge in [0.1, 0.15) is 6.04 Å². The lowest BCUT2D eigenvalue weighted by Crippen LogP contribution is -2.41. The molecular formula is C42H79N11O6S4. The van der Waals surface area contributed by atoms with Gasteiger partial charge in [0, 0.05) is 45.0 Å². The summed E-state index contributed by atoms with van der Waals surface area (Å²) < 4.78 is 0. The predicted octanol–water partition coefficient (Wildman–Crippen LogP) is 5.68. The highest BCUT2D eigenvalue weighted by atomic mass is 33.1. The largest absolute Gasteiger partial charge is 0.370 e. The Labute approximate surface area is 393 Å². The number of aliphatic imine (C=N–C) groups is 1. The van der Waals surface area contributed by atoms with E-state index in [2.05, 4.69) is 61.2 Å². The molecule has 0 saturated carbocycles. The zero-order chi connectivity index (χ0) is 46.4. The number of hydrogen-bond donors (Lipinski definition) is 8. The molecule has 1 atom stereocenters. The number of carbonyl (C=O) groups excluding carboxylic acids is 6. The Bertz CT molecular complexity index is 1330. The average Bonchev–Trinajstić information content (AvgIpc) is 3.26. The van der Waals surface area contributed by atoms with Gasteiger partial charge >= 0.3 is 0 Å². The van der Waals surface area contributed by atoms with Crippen LogP contribution < -0.4 is 43.6 Å². The van der Waals surface area contributed by atoms with Crippen molar-refractivity contribution in [2.75, 3.05) is 49.2 Å². The lowest BCUT2D eigenvalue weighted by Gasteiger charge is -2.14. The highest BCUT2D eigenvalue weighted by molar-refractivity contribution is 8.77. The summed E-state index contributed by atoms with van der Waals surface area (Å²) in [6, 6.07) is -1.01. The number of guanidine groups is 1. The molecule has 0 rings (SSSR count). The van der Waals surface area contributed by atoms with Gasteiger partial charge in [-0.15, -0.1) is 0 Å². The van der Waals surface area contributed by atoms with Crippen LogP contribution in [0.25, 0.3) is 0 Å². The van der Waals surface area contributed by atoms with Crippen LogP contribution in [0.2, 0.25) is 0 Å². The van der Waals surface area contributed by atoms with Crippen LogP contribution in [0.1, 0.15) is 155 Å². The third kappa shape index (κ3) is 43.8. The first-order chi connectivity index (χ1) is 30.6. The Morgan fingerprint density at radius 2 is 0.825 bits per heavy atom. The number of hydrazone groups is 2. The number of rotatable bonds is 43. The molecular weight excluding hydrogens is 883 g/mol. The molecule has 0 fully saturated rings. The van der Waals surface area contributed by atoms with Crippen LogP contribution in [0.3, 0.4) is 0 Å². The van der Waals surface area contributed by atoms with Crippen LogP contribution in [0, 0.1) is 0 Å². The smallest absolute Gasteiger partial charge is 0.250 e. The molecule has 0 aliphatic rings. The fraction of sp³-hybridized carbons (Fsp3) is 0.786. The molecule has 10 N–H and O–H groups in total. The van der Waals surface area contributed by atoms with E-state index in [1.807, 2.05) is 0 Å². The monoisotopic (exact) mass is 962 g/mol. The summed E-state index contributed by atoms with van der Waals surface area (Å²) in [4.78, 5) is 77.3. The molecule has 0 radical (unpaired) electrons. The quantitative estimate of drug-likeness (QED) is 0.0121. The third-order valence-corrected chi connectivity index (χ3v) is 13.4. The van der Waals surface area contributed by atoms with Crippen LogP contribution in [0.5, 0.6) is 0 Å². The molecule has 0 aromatic rings. The van der Waals surface area contributed by atoms with Crippen molar-refractivity contribution in [3.05, 3.63) is 0 Å². The SMILES string of the molecule is CCCCCCCCCCC/C=N\NC(=O)CSSCC(=O)NCCNC(=O)CC[C@H](N=C(N)N)C(=O)NCCNC(=O)CSSCC(=O)N/N=C\CCCCCCCCCCC. The molecule has 17 nitrogen and oxygen atoms in total. The summed E-state index contributed by atoms with van der Waals surface area (Å²) in [7, 11) is 4.99. The van der Waals surface area contributed by atoms with Crippen molar-refractivity contribution in [3.63, 3.8) is 0 Å². The van der Waals surface area contributed by atoms with E-state index >= 15 is 0 Å². The molecule has 0 aliphatic heterocycles. The second-order valence-electron chi connectivity index (χ2n) is 14.9. The van der Waals surface area contributed by atoms with Crippen molar-refractivity contribution in [3.8, 4) is 0 Å². The molecule has 0 spiro atoms. The van der Waals surface area contributed by atoms with E-state index in [9.17, 15) is 28.8 Å². The Morgan fingerprint density at radius 1 is 0.476 bits per heavy atom. The van der Waals surface area contributed by atoms with E-state index in [4.69, 9.17) is 11.5 Å². The van der Waals surface area contributed by atoms with E-state index in [1.54, 1.807) is 12.4 Å². The summed E-state index contributed by atoms with van der Waals surface area (Å²) in [5.74, 6) is -1.54. The van der Waals surface area contributed by atoms with Crippen LogP contribution in [-0.4, -0.2) is 109 Å². The summed E-state index contributed by atoms with van der Waals surface area (Å²) in [5, 5.41) is 18.7. The summed E-state index contributed by atoms with van der Waals surface area (Å²) in [6.45, 7) is 5.11. The van der Waals surface area contributed by atoms with Gasteiger partial charge in [0.25, 0.3) is 11.8 Å². The minimum atomic E-state index is -1.01. The Balaban J connectivity index is 3.97. The average molecular weight is 962 g/mol. The minimum Gasteiger partial charge on any atom is -0.370 e. The van der Waals surface area contributed by atoms with Gasteiger partial charge in [0.15, 0.2) is 5.96 Å². The van der Waals surface area contributed by atoms with Crippen LogP contribution in [0.15, 0.2) is 15.2 Å². The lowest BCUT2D eigenvalue weighted by atomic mass is 10.1. The van der Waals surface area contributed by atoms with Crippen LogP contribution >= 0.6 is 43.2 Å². The Kier molecular flexibility index (Phi) is 43.1. The fourth-order valence-corrected chi connectivity index (χ4v) is 9.08. The van der Waals surface area contributed by atoms with E-state index in [-0.39, 0.29) is 97.5 Å². The first-order valence-corrected chi connectivity index (χ1v) is 27.8. The van der Waals surface area contributed by atoms with E-state index in [1.165, 1.54) is 146 Å². The van der Waals surface area contributed by atoms with Gasteiger partial charge in [-0.05, 0) is 32.1 Å². The van der Waals surface area contributed by atoms with Crippen molar-refractivity contribution in [2.24, 2.45) is 26.7 Å². The predicted molar refractivity (Wildman–Crippen MR) is 268 cm³/mol. The molecule has 0 heterocycles. The molecule has 0 aromatic heterocycles. The first-order valence-electron chi connectivity index (χ1n) is 22.8. The fourth-order valence-electron chi connectivity index (χ4n) is 5.70. The van der Waals surface area contributed by atoms with Crippen LogP contribution in [0.4, 0.5) is 0 Å². The molecule has 63 heavy (non-hydrogen) atoms. The molecule has 21 heteroatoms. The van der Waals surface area contributed by atoms with Crippen molar-refractivity contribution in [2.45, 2.75) is 161 Å². The zero-order valence-electron chi connectivity index (χ0n) is 38.0. The first kappa shape index (κ1) is 59.8. The van der Waals surface area contributed by atoms with E-state index < -0.39 is 11.9 Å². The lowest BCUT2D eigenvalue weighted by molar-refractivity contribution is -0.124. The molecule has 0 aliphatic carbocycles. The van der Waals surface area contributed by atoms with Gasteiger partial charge in [-0.25, -0.2) is 15.8 Å². The number of nitrogens with one attached hydrogen (secondary N) is 6. The standard InChI is InChI=1S/C42H79N11O6S4/c1-3-5-7-9-11-13-15-17-19-21-25-49-52-39(57)33-62-60-31-37(55)46-28-27-45-36(54)24-23-35(51-42(43)44)41(59)48-30-29-47-38(56)32-61-63-34-40(58)53-50-26-22-20-18-16-14-12-10-8-6-4-2/h25-26,35H,3-24,27-34H2,1-2H3,(H,45,54)(H,46,55)(H,47,56)(H,48,59)(H,52,57)(H,53,58)(H4,43,44,51)/b49-25-,50-26-/t35-/m0/s1. The maximum absolute atomic E-state index is 12.7. The minimum absolute atomic E-state index is 0.0341. The molecule has 6 amide bonds. The van der Waals surface area contributed by atoms with Crippen molar-refractivity contribution >= 4 is 97.0 Å². The van der Waals surface area contributed by atoms with E-state index in [0.29, 0.717) is 0 Å². The summed E-state index contributed by atoms with van der Waals surface area (Å²) in [5.41, 5.74) is 16.0. The molecule has 0 aromatic carbocycles. The maximum atomic E-state index is 12.7. The highest BCUT2D eigenvalue weighted by Crippen LogP contribution is 2.21. The molecule has 0 unspecified atom stereocenters. The maximum Gasteiger partial charge on any atom is 0.250 e. The number of nitrogens with two attached hydrogens (primary N) is 2. The van der Waals surface area contributed by atoms with E-state index in [0.717, 1.165) is 25.7 Å². The zero-order valence-corrected chi connectivity index (χ0v) is 41.3. The van der Waals surface area contributed by atoms with Gasteiger partial charge in [-0.2, -0.15) is 10.2 Å². The molecule has 362 valence electrons. The van der Waals surface area contributed by atoms with Gasteiger partial charge in [-0.3, -0.25) is 28.8 Å². The van der Waals surface area contributed by atoms with Gasteiger partial charge in [0.05, 0.1) is 23.0 Å². The Hall–Kier alpha value is -3.17. The van der Waals surface area contributed by atoms with Gasteiger partial charge in [-0.1, -0.05) is 160 Å².